The van der Waals surface area contributed by atoms with Crippen LogP contribution < -0.4 is 5.32 Å². The molecular weight excluding hydrogens is 273 g/mol. The zero-order chi connectivity index (χ0) is 9.26. The van der Waals surface area contributed by atoms with Crippen molar-refractivity contribution < 1.29 is 9.53 Å². The van der Waals surface area contributed by atoms with E-state index in [1.165, 1.54) is 12.7 Å². The van der Waals surface area contributed by atoms with Crippen molar-refractivity contribution in [3.8, 4) is 0 Å². The van der Waals surface area contributed by atoms with Crippen molar-refractivity contribution in [2.24, 2.45) is 0 Å². The summed E-state index contributed by atoms with van der Waals surface area (Å²) in [5, 5.41) is 3.21. The Bertz CT molecular complexity index is 296. The fourth-order valence-electron chi connectivity index (χ4n) is 1.62. The molecule has 0 saturated heterocycles. The Kier molecular flexibility index (Phi) is 2.74. The van der Waals surface area contributed by atoms with E-state index in [9.17, 15) is 4.79 Å². The van der Waals surface area contributed by atoms with Gasteiger partial charge in [-0.1, -0.05) is 0 Å². The van der Waals surface area contributed by atoms with Gasteiger partial charge in [-0.3, -0.25) is 0 Å². The molecule has 0 saturated carbocycles. The first-order valence-electron chi connectivity index (χ1n) is 4.27. The van der Waals surface area contributed by atoms with E-state index in [2.05, 4.69) is 15.5 Å². The van der Waals surface area contributed by atoms with Crippen molar-refractivity contribution in [1.82, 2.24) is 5.32 Å². The molecule has 0 aromatic rings. The molecule has 0 aromatic heterocycles. The molecule has 0 fully saturated rings. The normalized spacial score (nSPS) is 26.1. The minimum atomic E-state index is -0.378. The van der Waals surface area contributed by atoms with Crippen LogP contribution in [0.4, 0.5) is 0 Å². The Morgan fingerprint density at radius 2 is 2.62 bits per heavy atom. The van der Waals surface area contributed by atoms with E-state index in [-0.39, 0.29) is 33.2 Å². The fourth-order valence-corrected chi connectivity index (χ4v) is 4.65. The molecule has 4 heteroatoms. The number of ether oxygens (including phenoxy) is 1. The number of carbonyl (C=O) groups excluding carboxylic acids is 1. The molecule has 0 spiro atoms. The molecule has 2 aliphatic heterocycles. The quantitative estimate of drug-likeness (QED) is 0.544. The van der Waals surface area contributed by atoms with Crippen LogP contribution in [0.25, 0.3) is 0 Å². The number of methoxy groups -OCH3 is 1. The maximum absolute atomic E-state index is 11.2. The Morgan fingerprint density at radius 3 is 3.38 bits per heavy atom. The summed E-state index contributed by atoms with van der Waals surface area (Å²) in [6.07, 6.45) is 3.01. The van der Waals surface area contributed by atoms with Gasteiger partial charge in [-0.15, -0.1) is 0 Å². The zero-order valence-corrected chi connectivity index (χ0v) is 10.3. The van der Waals surface area contributed by atoms with Gasteiger partial charge in [0, 0.05) is 0 Å². The van der Waals surface area contributed by atoms with Gasteiger partial charge in [0.25, 0.3) is 0 Å². The van der Waals surface area contributed by atoms with Gasteiger partial charge in [-0.25, -0.2) is 0 Å². The van der Waals surface area contributed by atoms with E-state index in [0.717, 1.165) is 13.0 Å². The summed E-state index contributed by atoms with van der Waals surface area (Å²) in [7, 11) is 1.44. The summed E-state index contributed by atoms with van der Waals surface area (Å²) in [5.41, 5.74) is 1.39. The number of hydrogen-bond acceptors (Lipinski definition) is 3. The number of esters is 1. The standard InChI is InChI=1S/C9H11NO2.Sn/c1-3-7-4-5-10-8(6-7)9(11)12-2;/h1,3,8,10H,5-6H2,2H3;. The maximum atomic E-state index is 11.2. The van der Waals surface area contributed by atoms with Gasteiger partial charge in [-0.05, 0) is 0 Å². The monoisotopic (exact) mass is 285 g/mol. The summed E-state index contributed by atoms with van der Waals surface area (Å²) in [4.78, 5) is 11.2. The van der Waals surface area contributed by atoms with Crippen LogP contribution in [0, 0.1) is 0 Å². The molecule has 68 valence electrons. The average molecular weight is 284 g/mol. The topological polar surface area (TPSA) is 38.3 Å². The van der Waals surface area contributed by atoms with Crippen LogP contribution in [-0.4, -0.2) is 46.8 Å². The predicted octanol–water partition coefficient (Wildman–Crippen LogP) is 0.00690. The molecule has 2 radical (unpaired) electrons. The van der Waals surface area contributed by atoms with Crippen molar-refractivity contribution in [2.75, 3.05) is 13.7 Å². The third-order valence-electron chi connectivity index (χ3n) is 2.36. The Balaban J connectivity index is 2.07. The van der Waals surface area contributed by atoms with Gasteiger partial charge in [0.1, 0.15) is 0 Å². The molecular formula is C9H11NO2Sn. The summed E-state index contributed by atoms with van der Waals surface area (Å²) < 4.78 is 8.61. The zero-order valence-electron chi connectivity index (χ0n) is 7.46. The molecule has 3 nitrogen and oxygen atoms in total. The van der Waals surface area contributed by atoms with Crippen LogP contribution in [0.3, 0.4) is 0 Å². The first kappa shape index (κ1) is 9.27. The van der Waals surface area contributed by atoms with E-state index >= 15 is 0 Å². The van der Waals surface area contributed by atoms with Crippen LogP contribution in [0.2, 0.25) is 0 Å². The SMILES string of the molecule is COC(=O)C1CC2=[C](CN1)[Sn][CH]=C2. The summed E-state index contributed by atoms with van der Waals surface area (Å²) in [6, 6.07) is -0.120. The second-order valence-electron chi connectivity index (χ2n) is 3.14. The van der Waals surface area contributed by atoms with Crippen LogP contribution in [0.15, 0.2) is 19.3 Å². The molecule has 2 heterocycles. The Hall–Kier alpha value is -0.291. The number of allylic oxidation sites excluding steroid dienone is 1. The van der Waals surface area contributed by atoms with Crippen molar-refractivity contribution >= 4 is 27.1 Å². The van der Waals surface area contributed by atoms with Gasteiger partial charge in [0.2, 0.25) is 0 Å². The first-order chi connectivity index (χ1) is 6.31. The molecule has 1 N–H and O–H groups in total. The first-order valence-corrected chi connectivity index (χ1v) is 7.35. The fraction of sp³-hybridized carbons (Fsp3) is 0.444. The van der Waals surface area contributed by atoms with E-state index in [1.807, 2.05) is 0 Å². The molecule has 0 aliphatic carbocycles. The second-order valence-corrected chi connectivity index (χ2v) is 6.64. The minimum absolute atomic E-state index is 0.120. The third kappa shape index (κ3) is 1.81. The van der Waals surface area contributed by atoms with E-state index in [4.69, 9.17) is 4.74 Å². The van der Waals surface area contributed by atoms with Gasteiger partial charge < -0.3 is 0 Å². The van der Waals surface area contributed by atoms with Crippen LogP contribution >= 0.6 is 0 Å². The van der Waals surface area contributed by atoms with E-state index in [0.29, 0.717) is 0 Å². The molecule has 1 unspecified atom stereocenters. The Labute approximate surface area is 87.4 Å². The molecule has 2 aliphatic rings. The average Bonchev–Trinajstić information content (AvgIpc) is 2.63. The van der Waals surface area contributed by atoms with Crippen LogP contribution in [-0.2, 0) is 9.53 Å². The summed E-state index contributed by atoms with van der Waals surface area (Å²) in [6.45, 7) is 0.897. The molecule has 13 heavy (non-hydrogen) atoms. The van der Waals surface area contributed by atoms with Gasteiger partial charge in [0.15, 0.2) is 0 Å². The van der Waals surface area contributed by atoms with E-state index < -0.39 is 0 Å². The molecule has 1 atom stereocenters. The molecule has 0 aromatic carbocycles. The van der Waals surface area contributed by atoms with Crippen molar-refractivity contribution in [3.63, 3.8) is 0 Å². The van der Waals surface area contributed by atoms with Crippen LogP contribution in [0.5, 0.6) is 0 Å². The van der Waals surface area contributed by atoms with Gasteiger partial charge in [-0.2, -0.15) is 0 Å². The van der Waals surface area contributed by atoms with Crippen LogP contribution in [0.1, 0.15) is 6.42 Å². The van der Waals surface area contributed by atoms with Gasteiger partial charge >= 0.3 is 87.4 Å². The molecule has 0 bridgehead atoms. The number of carbonyl (C=O) groups is 1. The van der Waals surface area contributed by atoms with Crippen molar-refractivity contribution in [1.29, 1.82) is 0 Å². The summed E-state index contributed by atoms with van der Waals surface area (Å²) in [5.74, 6) is -0.141. The predicted molar refractivity (Wildman–Crippen MR) is 50.3 cm³/mol. The summed E-state index contributed by atoms with van der Waals surface area (Å²) >= 11 is -0.378. The van der Waals surface area contributed by atoms with Crippen molar-refractivity contribution in [3.05, 3.63) is 19.3 Å². The number of hydrogen-bond donors (Lipinski definition) is 1. The molecule has 2 rings (SSSR count). The third-order valence-corrected chi connectivity index (χ3v) is 5.73. The van der Waals surface area contributed by atoms with E-state index in [1.54, 1.807) is 3.59 Å². The second kappa shape index (κ2) is 3.84. The number of nitrogens with one attached hydrogen (secondary N) is 1. The molecule has 0 amide bonds. The number of rotatable bonds is 1. The van der Waals surface area contributed by atoms with Gasteiger partial charge in [0.05, 0.1) is 0 Å². The Morgan fingerprint density at radius 1 is 1.77 bits per heavy atom. The van der Waals surface area contributed by atoms with Crippen molar-refractivity contribution in [2.45, 2.75) is 12.5 Å².